The molecule has 1 N–H and O–H groups in total. The molecule has 0 fully saturated rings. The molecule has 2 nitrogen and oxygen atoms in total. The second-order valence-electron chi connectivity index (χ2n) is 2.76. The Morgan fingerprint density at radius 2 is 2.07 bits per heavy atom. The van der Waals surface area contributed by atoms with Crippen molar-refractivity contribution in [2.45, 2.75) is 0 Å². The average Bonchev–Trinajstić information content (AvgIpc) is 2.57. The Balaban J connectivity index is 2.53. The molecule has 0 aliphatic carbocycles. The third-order valence-corrected chi connectivity index (χ3v) is 2.75. The van der Waals surface area contributed by atoms with Crippen LogP contribution in [-0.2, 0) is 0 Å². The van der Waals surface area contributed by atoms with E-state index in [9.17, 15) is 5.11 Å². The summed E-state index contributed by atoms with van der Waals surface area (Å²) in [6, 6.07) is 6.73. The van der Waals surface area contributed by atoms with Crippen LogP contribution in [0.5, 0.6) is 5.75 Å². The molecule has 1 aromatic heterocycles. The number of benzene rings is 1. The van der Waals surface area contributed by atoms with Gasteiger partial charge in [-0.15, -0.1) is 0 Å². The molecular weight excluding hydrogens is 267 g/mol. The summed E-state index contributed by atoms with van der Waals surface area (Å²) >= 11 is 9.12. The quantitative estimate of drug-likeness (QED) is 0.850. The molecule has 0 saturated carbocycles. The maximum Gasteiger partial charge on any atom is 0.148 e. The Labute approximate surface area is 94.2 Å². The first kappa shape index (κ1) is 9.62. The van der Waals surface area contributed by atoms with Crippen molar-refractivity contribution in [3.8, 4) is 17.1 Å². The highest BCUT2D eigenvalue weighted by atomic mass is 79.9. The lowest BCUT2D eigenvalue weighted by atomic mass is 10.2. The van der Waals surface area contributed by atoms with Crippen LogP contribution in [0, 0.1) is 0 Å². The second-order valence-corrected chi connectivity index (χ2v) is 4.03. The van der Waals surface area contributed by atoms with Crippen LogP contribution in [0.3, 0.4) is 0 Å². The summed E-state index contributed by atoms with van der Waals surface area (Å²) in [5, 5.41) is 9.55. The van der Waals surface area contributed by atoms with Gasteiger partial charge in [0.1, 0.15) is 11.5 Å². The number of rotatable bonds is 1. The van der Waals surface area contributed by atoms with Gasteiger partial charge in [0.15, 0.2) is 0 Å². The van der Waals surface area contributed by atoms with Crippen LogP contribution in [0.25, 0.3) is 11.3 Å². The topological polar surface area (TPSA) is 33.4 Å². The summed E-state index contributed by atoms with van der Waals surface area (Å²) in [6.07, 6.45) is 1.58. The van der Waals surface area contributed by atoms with Crippen molar-refractivity contribution in [3.63, 3.8) is 0 Å². The number of hydrogen-bond donors (Lipinski definition) is 1. The van der Waals surface area contributed by atoms with Gasteiger partial charge in [0.05, 0.1) is 15.8 Å². The molecule has 0 radical (unpaired) electrons. The predicted molar refractivity (Wildman–Crippen MR) is 58.5 cm³/mol. The average molecular weight is 274 g/mol. The van der Waals surface area contributed by atoms with Gasteiger partial charge in [-0.05, 0) is 40.2 Å². The molecule has 14 heavy (non-hydrogen) atoms. The lowest BCUT2D eigenvalue weighted by Gasteiger charge is -2.00. The van der Waals surface area contributed by atoms with E-state index in [1.54, 1.807) is 24.5 Å². The summed E-state index contributed by atoms with van der Waals surface area (Å²) in [5.74, 6) is 0.769. The van der Waals surface area contributed by atoms with Crippen LogP contribution >= 0.6 is 27.5 Å². The number of phenolic OH excluding ortho intramolecular Hbond substituents is 1. The molecule has 0 amide bonds. The van der Waals surface area contributed by atoms with E-state index in [-0.39, 0.29) is 5.75 Å². The fraction of sp³-hybridized carbons (Fsp3) is 0. The van der Waals surface area contributed by atoms with Crippen molar-refractivity contribution < 1.29 is 9.52 Å². The summed E-state index contributed by atoms with van der Waals surface area (Å²) in [6.45, 7) is 0. The Hall–Kier alpha value is -0.930. The number of halogens is 2. The number of aromatic hydroxyl groups is 1. The Bertz CT molecular complexity index is 465. The molecule has 0 unspecified atom stereocenters. The lowest BCUT2D eigenvalue weighted by Crippen LogP contribution is -1.75. The molecule has 1 heterocycles. The van der Waals surface area contributed by atoms with Crippen LogP contribution < -0.4 is 0 Å². The van der Waals surface area contributed by atoms with E-state index < -0.39 is 0 Å². The third-order valence-electron chi connectivity index (χ3n) is 1.83. The zero-order valence-electron chi connectivity index (χ0n) is 7.00. The highest BCUT2D eigenvalue weighted by molar-refractivity contribution is 9.10. The van der Waals surface area contributed by atoms with Gasteiger partial charge in [0, 0.05) is 5.56 Å². The maximum atomic E-state index is 9.24. The first-order valence-electron chi connectivity index (χ1n) is 3.90. The van der Waals surface area contributed by atoms with Crippen molar-refractivity contribution in [1.82, 2.24) is 0 Å². The molecule has 0 aliphatic heterocycles. The van der Waals surface area contributed by atoms with E-state index in [0.29, 0.717) is 10.8 Å². The molecular formula is C10H6BrClO2. The van der Waals surface area contributed by atoms with Crippen molar-refractivity contribution >= 4 is 27.5 Å². The van der Waals surface area contributed by atoms with Crippen LogP contribution in [-0.4, -0.2) is 5.11 Å². The Morgan fingerprint density at radius 3 is 2.64 bits per heavy atom. The van der Waals surface area contributed by atoms with Crippen molar-refractivity contribution in [3.05, 3.63) is 40.0 Å². The fourth-order valence-electron chi connectivity index (χ4n) is 1.15. The molecule has 72 valence electrons. The van der Waals surface area contributed by atoms with Gasteiger partial charge < -0.3 is 9.52 Å². The Kier molecular flexibility index (Phi) is 2.52. The fourth-order valence-corrected chi connectivity index (χ4v) is 1.76. The molecule has 0 spiro atoms. The minimum Gasteiger partial charge on any atom is -0.506 e. The first-order chi connectivity index (χ1) is 6.68. The molecule has 4 heteroatoms. The SMILES string of the molecule is Oc1ccc(-c2occc2Br)cc1Cl. The van der Waals surface area contributed by atoms with Crippen molar-refractivity contribution in [2.75, 3.05) is 0 Å². The third kappa shape index (κ3) is 1.65. The van der Waals surface area contributed by atoms with Crippen LogP contribution in [0.1, 0.15) is 0 Å². The van der Waals surface area contributed by atoms with Gasteiger partial charge in [-0.1, -0.05) is 11.6 Å². The summed E-state index contributed by atoms with van der Waals surface area (Å²) in [5.41, 5.74) is 0.824. The first-order valence-corrected chi connectivity index (χ1v) is 5.07. The summed E-state index contributed by atoms with van der Waals surface area (Å²) in [7, 11) is 0. The largest absolute Gasteiger partial charge is 0.506 e. The highest BCUT2D eigenvalue weighted by Gasteiger charge is 2.08. The monoisotopic (exact) mass is 272 g/mol. The van der Waals surface area contributed by atoms with Crippen LogP contribution in [0.15, 0.2) is 39.4 Å². The van der Waals surface area contributed by atoms with E-state index in [2.05, 4.69) is 15.9 Å². The number of furan rings is 1. The zero-order chi connectivity index (χ0) is 10.1. The van der Waals surface area contributed by atoms with Gasteiger partial charge in [-0.2, -0.15) is 0 Å². The minimum atomic E-state index is 0.0677. The van der Waals surface area contributed by atoms with E-state index in [0.717, 1.165) is 10.0 Å². The molecule has 0 bridgehead atoms. The normalized spacial score (nSPS) is 10.4. The van der Waals surface area contributed by atoms with Crippen LogP contribution in [0.4, 0.5) is 0 Å². The molecule has 0 atom stereocenters. The van der Waals surface area contributed by atoms with Gasteiger partial charge in [0.2, 0.25) is 0 Å². The van der Waals surface area contributed by atoms with E-state index in [1.807, 2.05) is 0 Å². The molecule has 2 rings (SSSR count). The second kappa shape index (κ2) is 3.67. The summed E-state index contributed by atoms with van der Waals surface area (Å²) < 4.78 is 6.12. The smallest absolute Gasteiger partial charge is 0.148 e. The standard InChI is InChI=1S/C10H6BrClO2/c11-7-3-4-14-10(7)6-1-2-9(13)8(12)5-6/h1-5,13H. The van der Waals surface area contributed by atoms with E-state index in [1.165, 1.54) is 6.07 Å². The minimum absolute atomic E-state index is 0.0677. The van der Waals surface area contributed by atoms with Crippen molar-refractivity contribution in [1.29, 1.82) is 0 Å². The number of phenols is 1. The van der Waals surface area contributed by atoms with E-state index in [4.69, 9.17) is 16.0 Å². The maximum absolute atomic E-state index is 9.24. The highest BCUT2D eigenvalue weighted by Crippen LogP contribution is 2.33. The van der Waals surface area contributed by atoms with Gasteiger partial charge in [-0.3, -0.25) is 0 Å². The summed E-state index contributed by atoms with van der Waals surface area (Å²) in [4.78, 5) is 0. The lowest BCUT2D eigenvalue weighted by molar-refractivity contribution is 0.475. The molecule has 1 aromatic carbocycles. The molecule has 2 aromatic rings. The Morgan fingerprint density at radius 1 is 1.29 bits per heavy atom. The van der Waals surface area contributed by atoms with Crippen molar-refractivity contribution in [2.24, 2.45) is 0 Å². The van der Waals surface area contributed by atoms with E-state index >= 15 is 0 Å². The van der Waals surface area contributed by atoms with Gasteiger partial charge in [-0.25, -0.2) is 0 Å². The van der Waals surface area contributed by atoms with Gasteiger partial charge >= 0.3 is 0 Å². The van der Waals surface area contributed by atoms with Gasteiger partial charge in [0.25, 0.3) is 0 Å². The zero-order valence-corrected chi connectivity index (χ0v) is 9.34. The molecule has 0 saturated heterocycles. The molecule has 0 aliphatic rings. The predicted octanol–water partition coefficient (Wildman–Crippen LogP) is 4.07. The number of hydrogen-bond acceptors (Lipinski definition) is 2. The van der Waals surface area contributed by atoms with Crippen LogP contribution in [0.2, 0.25) is 5.02 Å².